The molecule has 4 rings (SSSR count). The summed E-state index contributed by atoms with van der Waals surface area (Å²) in [6.45, 7) is 2.91. The molecular formula is C28H28F4N6O. The highest BCUT2D eigenvalue weighted by atomic mass is 19.4. The number of hydrogen-bond donors (Lipinski definition) is 2. The molecule has 1 aliphatic heterocycles. The highest BCUT2D eigenvalue weighted by molar-refractivity contribution is 6.06. The minimum Gasteiger partial charge on any atom is -0.368 e. The normalized spacial score (nSPS) is 15.6. The van der Waals surface area contributed by atoms with Gasteiger partial charge in [0.2, 0.25) is 5.95 Å². The van der Waals surface area contributed by atoms with E-state index in [0.717, 1.165) is 31.0 Å². The predicted molar refractivity (Wildman–Crippen MR) is 142 cm³/mol. The van der Waals surface area contributed by atoms with Crippen LogP contribution in [0.4, 0.5) is 34.9 Å². The maximum Gasteiger partial charge on any atom is 0.416 e. The summed E-state index contributed by atoms with van der Waals surface area (Å²) in [7, 11) is 3.90. The number of nitrogen functional groups attached to an aromatic ring is 1. The van der Waals surface area contributed by atoms with Gasteiger partial charge in [0.15, 0.2) is 0 Å². The van der Waals surface area contributed by atoms with Crippen LogP contribution in [0.5, 0.6) is 0 Å². The number of amides is 1. The van der Waals surface area contributed by atoms with E-state index in [4.69, 9.17) is 5.73 Å². The minimum absolute atomic E-state index is 0.0419. The molecule has 0 unspecified atom stereocenters. The molecule has 2 heterocycles. The van der Waals surface area contributed by atoms with Crippen LogP contribution in [0, 0.1) is 24.6 Å². The number of hydrogen-bond acceptors (Lipinski definition) is 6. The molecule has 1 saturated heterocycles. The van der Waals surface area contributed by atoms with Crippen LogP contribution < -0.4 is 16.0 Å². The first-order valence-electron chi connectivity index (χ1n) is 12.3. The Morgan fingerprint density at radius 2 is 1.95 bits per heavy atom. The van der Waals surface area contributed by atoms with Gasteiger partial charge in [-0.2, -0.15) is 13.2 Å². The fourth-order valence-electron chi connectivity index (χ4n) is 4.40. The number of anilines is 3. The molecule has 0 bridgehead atoms. The molecule has 1 atom stereocenters. The van der Waals surface area contributed by atoms with Crippen molar-refractivity contribution in [1.29, 1.82) is 0 Å². The number of halogens is 4. The van der Waals surface area contributed by atoms with Gasteiger partial charge in [-0.15, -0.1) is 0 Å². The van der Waals surface area contributed by atoms with Crippen LogP contribution in [0.3, 0.4) is 0 Å². The summed E-state index contributed by atoms with van der Waals surface area (Å²) < 4.78 is 55.3. The van der Waals surface area contributed by atoms with Gasteiger partial charge in [-0.05, 0) is 70.3 Å². The van der Waals surface area contributed by atoms with Crippen molar-refractivity contribution < 1.29 is 22.4 Å². The highest BCUT2D eigenvalue weighted by Crippen LogP contribution is 2.37. The third kappa shape index (κ3) is 6.64. The number of aromatic nitrogens is 2. The predicted octanol–water partition coefficient (Wildman–Crippen LogP) is 4.71. The Morgan fingerprint density at radius 1 is 1.18 bits per heavy atom. The maximum absolute atomic E-state index is 14.7. The lowest BCUT2D eigenvalue weighted by molar-refractivity contribution is -0.137. The number of carbonyl (C=O) groups excluding carboxylic acids is 1. The van der Waals surface area contributed by atoms with E-state index in [2.05, 4.69) is 32.0 Å². The van der Waals surface area contributed by atoms with Gasteiger partial charge in [0.1, 0.15) is 5.82 Å². The van der Waals surface area contributed by atoms with Crippen LogP contribution in [-0.2, 0) is 6.18 Å². The van der Waals surface area contributed by atoms with Crippen molar-refractivity contribution in [2.45, 2.75) is 32.0 Å². The van der Waals surface area contributed by atoms with E-state index in [1.54, 1.807) is 6.92 Å². The number of nitrogens with zero attached hydrogens (tertiary/aromatic N) is 4. The number of alkyl halides is 3. The first-order valence-corrected chi connectivity index (χ1v) is 12.3. The van der Waals surface area contributed by atoms with Gasteiger partial charge in [0, 0.05) is 30.9 Å². The second-order valence-electron chi connectivity index (χ2n) is 9.56. The maximum atomic E-state index is 14.7. The lowest BCUT2D eigenvalue weighted by atomic mass is 10.0. The molecule has 0 aliphatic carbocycles. The molecule has 2 aromatic carbocycles. The summed E-state index contributed by atoms with van der Waals surface area (Å²) in [5, 5.41) is 2.52. The molecule has 3 aromatic rings. The van der Waals surface area contributed by atoms with E-state index in [9.17, 15) is 22.4 Å². The summed E-state index contributed by atoms with van der Waals surface area (Å²) in [5.74, 6) is 4.09. The molecule has 0 radical (unpaired) electrons. The molecule has 1 fully saturated rings. The van der Waals surface area contributed by atoms with E-state index in [-0.39, 0.29) is 23.2 Å². The fourth-order valence-corrected chi connectivity index (χ4v) is 4.40. The molecule has 1 amide bonds. The standard InChI is InChI=1S/C28H28F4N6O/c1-17-19(15-34-27(33)35-17)8-6-18-7-10-23(29)22(13-18)26(39)36-24-14-20(28(30,31)32)9-11-25(24)38-12-4-5-21(16-38)37(2)3/h7,9-11,13-15,21H,4-5,12,16H2,1-3H3,(H,36,39)(H2,33,34,35)/t21-/m0/s1. The number of rotatable bonds is 4. The molecule has 39 heavy (non-hydrogen) atoms. The first kappa shape index (κ1) is 27.9. The van der Waals surface area contributed by atoms with Gasteiger partial charge in [-0.1, -0.05) is 11.8 Å². The molecule has 3 N–H and O–H groups in total. The van der Waals surface area contributed by atoms with Gasteiger partial charge in [0.05, 0.1) is 33.8 Å². The Morgan fingerprint density at radius 3 is 2.64 bits per heavy atom. The SMILES string of the molecule is Cc1nc(N)ncc1C#Cc1ccc(F)c(C(=O)Nc2cc(C(F)(F)F)ccc2N2CCC[C@H](N(C)C)C2)c1. The van der Waals surface area contributed by atoms with Gasteiger partial charge in [-0.25, -0.2) is 14.4 Å². The van der Waals surface area contributed by atoms with Crippen molar-refractivity contribution in [1.82, 2.24) is 14.9 Å². The van der Waals surface area contributed by atoms with Gasteiger partial charge in [-0.3, -0.25) is 4.79 Å². The molecule has 1 aromatic heterocycles. The summed E-state index contributed by atoms with van der Waals surface area (Å²) in [6.07, 6.45) is -1.37. The highest BCUT2D eigenvalue weighted by Gasteiger charge is 2.32. The summed E-state index contributed by atoms with van der Waals surface area (Å²) >= 11 is 0. The Labute approximate surface area is 224 Å². The van der Waals surface area contributed by atoms with Crippen molar-refractivity contribution in [2.24, 2.45) is 0 Å². The van der Waals surface area contributed by atoms with Crippen molar-refractivity contribution in [3.05, 3.63) is 76.4 Å². The minimum atomic E-state index is -4.61. The third-order valence-electron chi connectivity index (χ3n) is 6.59. The zero-order valence-corrected chi connectivity index (χ0v) is 21.7. The zero-order chi connectivity index (χ0) is 28.3. The lowest BCUT2D eigenvalue weighted by Gasteiger charge is -2.38. The number of likely N-dealkylation sites (N-methyl/N-ethyl adjacent to an activating group) is 1. The average molecular weight is 541 g/mol. The second kappa shape index (κ2) is 11.3. The summed E-state index contributed by atoms with van der Waals surface area (Å²) in [5.41, 5.74) is 6.08. The quantitative estimate of drug-likeness (QED) is 0.368. The molecule has 0 spiro atoms. The van der Waals surface area contributed by atoms with Crippen LogP contribution in [0.25, 0.3) is 0 Å². The van der Waals surface area contributed by atoms with Crippen LogP contribution in [-0.4, -0.2) is 54.0 Å². The van der Waals surface area contributed by atoms with Gasteiger partial charge in [0.25, 0.3) is 5.91 Å². The summed E-state index contributed by atoms with van der Waals surface area (Å²) in [6, 6.07) is 7.17. The van der Waals surface area contributed by atoms with Gasteiger partial charge >= 0.3 is 6.18 Å². The number of piperidine rings is 1. The third-order valence-corrected chi connectivity index (χ3v) is 6.59. The summed E-state index contributed by atoms with van der Waals surface area (Å²) in [4.78, 5) is 25.1. The van der Waals surface area contributed by atoms with Crippen LogP contribution >= 0.6 is 0 Å². The van der Waals surface area contributed by atoms with Crippen molar-refractivity contribution in [2.75, 3.05) is 43.1 Å². The van der Waals surface area contributed by atoms with Crippen LogP contribution in [0.1, 0.15) is 45.6 Å². The second-order valence-corrected chi connectivity index (χ2v) is 9.56. The fraction of sp³-hybridized carbons (Fsp3) is 0.321. The largest absolute Gasteiger partial charge is 0.416 e. The number of aryl methyl sites for hydroxylation is 1. The van der Waals surface area contributed by atoms with E-state index in [1.165, 1.54) is 24.4 Å². The Kier molecular flexibility index (Phi) is 8.06. The monoisotopic (exact) mass is 540 g/mol. The Bertz CT molecular complexity index is 1440. The molecular weight excluding hydrogens is 512 g/mol. The van der Waals surface area contributed by atoms with E-state index >= 15 is 0 Å². The molecule has 204 valence electrons. The average Bonchev–Trinajstić information content (AvgIpc) is 2.88. The number of nitrogens with one attached hydrogen (secondary N) is 1. The smallest absolute Gasteiger partial charge is 0.368 e. The Balaban J connectivity index is 1.65. The number of carbonyl (C=O) groups is 1. The van der Waals surface area contributed by atoms with E-state index in [0.29, 0.717) is 35.6 Å². The molecule has 0 saturated carbocycles. The van der Waals surface area contributed by atoms with Crippen LogP contribution in [0.15, 0.2) is 42.6 Å². The van der Waals surface area contributed by atoms with Crippen molar-refractivity contribution in [3.63, 3.8) is 0 Å². The van der Waals surface area contributed by atoms with Crippen molar-refractivity contribution in [3.8, 4) is 11.8 Å². The lowest BCUT2D eigenvalue weighted by Crippen LogP contribution is -2.45. The van der Waals surface area contributed by atoms with E-state index in [1.807, 2.05) is 19.0 Å². The number of nitrogens with two attached hydrogens (primary N) is 1. The van der Waals surface area contributed by atoms with E-state index < -0.39 is 23.5 Å². The Hall–Kier alpha value is -4.17. The molecule has 11 heteroatoms. The van der Waals surface area contributed by atoms with Crippen LogP contribution in [0.2, 0.25) is 0 Å². The van der Waals surface area contributed by atoms with Gasteiger partial charge < -0.3 is 20.9 Å². The zero-order valence-electron chi connectivity index (χ0n) is 21.7. The number of benzene rings is 2. The van der Waals surface area contributed by atoms with Crippen molar-refractivity contribution >= 4 is 23.2 Å². The first-order chi connectivity index (χ1) is 18.4. The molecule has 1 aliphatic rings. The topological polar surface area (TPSA) is 87.4 Å². The molecule has 7 nitrogen and oxygen atoms in total.